The summed E-state index contributed by atoms with van der Waals surface area (Å²) in [6.45, 7) is 2.71. The van der Waals surface area contributed by atoms with Gasteiger partial charge >= 0.3 is 4.87 Å². The second-order valence-corrected chi connectivity index (χ2v) is 4.86. The highest BCUT2D eigenvalue weighted by atomic mass is 32.1. The molecule has 0 amide bonds. The van der Waals surface area contributed by atoms with Crippen molar-refractivity contribution < 1.29 is 4.74 Å². The van der Waals surface area contributed by atoms with Crippen molar-refractivity contribution in [3.8, 4) is 5.75 Å². The van der Waals surface area contributed by atoms with Crippen LogP contribution >= 0.6 is 11.3 Å². The topological polar surface area (TPSA) is 54.1 Å². The van der Waals surface area contributed by atoms with Gasteiger partial charge in [-0.25, -0.2) is 0 Å². The van der Waals surface area contributed by atoms with Gasteiger partial charge in [0.15, 0.2) is 0 Å². The van der Waals surface area contributed by atoms with Gasteiger partial charge in [-0.1, -0.05) is 29.5 Å². The third kappa shape index (κ3) is 3.00. The summed E-state index contributed by atoms with van der Waals surface area (Å²) in [5, 5.41) is 5.20. The highest BCUT2D eigenvalue weighted by Gasteiger charge is 2.10. The van der Waals surface area contributed by atoms with Crippen LogP contribution in [0.3, 0.4) is 0 Å². The van der Waals surface area contributed by atoms with E-state index in [0.717, 1.165) is 17.0 Å². The summed E-state index contributed by atoms with van der Waals surface area (Å²) in [6, 6.07) is 8.07. The van der Waals surface area contributed by atoms with Crippen LogP contribution in [0.1, 0.15) is 24.2 Å². The number of hydrogen-bond donors (Lipinski definition) is 2. The molecule has 0 aliphatic carbocycles. The quantitative estimate of drug-likeness (QED) is 0.871. The van der Waals surface area contributed by atoms with Crippen molar-refractivity contribution in [2.75, 3.05) is 7.11 Å². The maximum absolute atomic E-state index is 11.0. The first kappa shape index (κ1) is 12.9. The average Bonchev–Trinajstić information content (AvgIpc) is 2.81. The summed E-state index contributed by atoms with van der Waals surface area (Å²) in [7, 11) is 1.67. The minimum absolute atomic E-state index is 0.0169. The normalized spacial score (nSPS) is 12.3. The molecule has 0 saturated heterocycles. The van der Waals surface area contributed by atoms with Crippen LogP contribution in [0.25, 0.3) is 0 Å². The molecule has 1 unspecified atom stereocenters. The maximum atomic E-state index is 11.0. The van der Waals surface area contributed by atoms with Gasteiger partial charge in [0, 0.05) is 29.2 Å². The Bertz CT molecular complexity index is 562. The number of aromatic amines is 1. The molecule has 1 heterocycles. The number of benzene rings is 1. The van der Waals surface area contributed by atoms with E-state index in [1.165, 1.54) is 11.3 Å². The van der Waals surface area contributed by atoms with Crippen molar-refractivity contribution in [1.29, 1.82) is 0 Å². The fraction of sp³-hybridized carbons (Fsp3) is 0.308. The molecule has 0 radical (unpaired) electrons. The van der Waals surface area contributed by atoms with Crippen molar-refractivity contribution in [3.05, 3.63) is 50.6 Å². The first-order chi connectivity index (χ1) is 8.70. The van der Waals surface area contributed by atoms with Crippen LogP contribution in [0.2, 0.25) is 0 Å². The van der Waals surface area contributed by atoms with E-state index in [4.69, 9.17) is 4.74 Å². The lowest BCUT2D eigenvalue weighted by Gasteiger charge is -2.16. The molecule has 0 fully saturated rings. The number of hydrogen-bond acceptors (Lipinski definition) is 4. The molecule has 0 bridgehead atoms. The molecule has 0 saturated carbocycles. The molecule has 2 aromatic rings. The van der Waals surface area contributed by atoms with Crippen molar-refractivity contribution in [2.24, 2.45) is 0 Å². The molecular formula is C13H16N2O2S. The Balaban J connectivity index is 2.03. The second-order valence-electron chi connectivity index (χ2n) is 4.02. The number of rotatable bonds is 5. The Hall–Kier alpha value is -1.59. The Morgan fingerprint density at radius 2 is 2.22 bits per heavy atom. The first-order valence-corrected chi connectivity index (χ1v) is 6.61. The molecule has 0 aliphatic heterocycles. The van der Waals surface area contributed by atoms with Crippen LogP contribution in [-0.4, -0.2) is 12.1 Å². The molecule has 96 valence electrons. The van der Waals surface area contributed by atoms with Crippen molar-refractivity contribution >= 4 is 11.3 Å². The molecule has 4 nitrogen and oxygen atoms in total. The zero-order chi connectivity index (χ0) is 13.0. The second kappa shape index (κ2) is 5.84. The number of thiazole rings is 1. The summed E-state index contributed by atoms with van der Waals surface area (Å²) in [4.78, 5) is 13.8. The molecule has 1 aromatic carbocycles. The zero-order valence-electron chi connectivity index (χ0n) is 10.4. The largest absolute Gasteiger partial charge is 0.496 e. The lowest BCUT2D eigenvalue weighted by Crippen LogP contribution is -2.19. The van der Waals surface area contributed by atoms with Gasteiger partial charge in [0.2, 0.25) is 0 Å². The Kier molecular flexibility index (Phi) is 4.17. The van der Waals surface area contributed by atoms with E-state index in [2.05, 4.69) is 17.2 Å². The predicted octanol–water partition coefficient (Wildman–Crippen LogP) is 2.30. The number of H-pyrrole nitrogens is 1. The summed E-state index contributed by atoms with van der Waals surface area (Å²) in [5.41, 5.74) is 2.02. The van der Waals surface area contributed by atoms with Gasteiger partial charge in [0.05, 0.1) is 7.11 Å². The molecule has 18 heavy (non-hydrogen) atoms. The number of aromatic nitrogens is 1. The van der Waals surface area contributed by atoms with Crippen LogP contribution in [-0.2, 0) is 6.54 Å². The fourth-order valence-corrected chi connectivity index (χ4v) is 2.38. The first-order valence-electron chi connectivity index (χ1n) is 5.73. The lowest BCUT2D eigenvalue weighted by atomic mass is 10.1. The molecule has 5 heteroatoms. The summed E-state index contributed by atoms with van der Waals surface area (Å²) >= 11 is 1.18. The zero-order valence-corrected chi connectivity index (χ0v) is 11.2. The van der Waals surface area contributed by atoms with Crippen molar-refractivity contribution in [3.63, 3.8) is 0 Å². The monoisotopic (exact) mass is 264 g/mol. The van der Waals surface area contributed by atoms with Gasteiger partial charge in [0.25, 0.3) is 0 Å². The molecule has 2 rings (SSSR count). The number of para-hydroxylation sites is 1. The highest BCUT2D eigenvalue weighted by molar-refractivity contribution is 7.07. The maximum Gasteiger partial charge on any atom is 0.304 e. The number of ether oxygens (including phenoxy) is 1. The van der Waals surface area contributed by atoms with E-state index in [1.807, 2.05) is 29.6 Å². The highest BCUT2D eigenvalue weighted by Crippen LogP contribution is 2.24. The Morgan fingerprint density at radius 3 is 2.89 bits per heavy atom. The molecule has 0 spiro atoms. The summed E-state index contributed by atoms with van der Waals surface area (Å²) in [5.74, 6) is 0.872. The molecule has 2 N–H and O–H groups in total. The SMILES string of the molecule is COc1ccccc1C(C)NCc1csc(=O)[nH]1. The van der Waals surface area contributed by atoms with E-state index in [9.17, 15) is 4.79 Å². The van der Waals surface area contributed by atoms with Crippen molar-refractivity contribution in [2.45, 2.75) is 19.5 Å². The Labute approximate surface area is 110 Å². The minimum Gasteiger partial charge on any atom is -0.496 e. The van der Waals surface area contributed by atoms with Crippen LogP contribution in [0.4, 0.5) is 0 Å². The summed E-state index contributed by atoms with van der Waals surface area (Å²) in [6.07, 6.45) is 0. The van der Waals surface area contributed by atoms with Crippen LogP contribution < -0.4 is 14.9 Å². The molecular weight excluding hydrogens is 248 g/mol. The Morgan fingerprint density at radius 1 is 1.44 bits per heavy atom. The molecule has 1 aromatic heterocycles. The average molecular weight is 264 g/mol. The van der Waals surface area contributed by atoms with E-state index >= 15 is 0 Å². The van der Waals surface area contributed by atoms with Gasteiger partial charge in [-0.05, 0) is 13.0 Å². The standard InChI is InChI=1S/C13H16N2O2S/c1-9(11-5-3-4-6-12(11)17-2)14-7-10-8-18-13(16)15-10/h3-6,8-9,14H,7H2,1-2H3,(H,15,16). The minimum atomic E-state index is -0.0169. The van der Waals surface area contributed by atoms with Gasteiger partial charge in [-0.2, -0.15) is 0 Å². The van der Waals surface area contributed by atoms with E-state index in [-0.39, 0.29) is 10.9 Å². The van der Waals surface area contributed by atoms with Gasteiger partial charge in [-0.15, -0.1) is 0 Å². The number of nitrogens with one attached hydrogen (secondary N) is 2. The van der Waals surface area contributed by atoms with Crippen molar-refractivity contribution in [1.82, 2.24) is 10.3 Å². The smallest absolute Gasteiger partial charge is 0.304 e. The third-order valence-electron chi connectivity index (χ3n) is 2.77. The van der Waals surface area contributed by atoms with Gasteiger partial charge < -0.3 is 15.0 Å². The van der Waals surface area contributed by atoms with Crippen LogP contribution in [0.5, 0.6) is 5.75 Å². The molecule has 0 aliphatic rings. The van der Waals surface area contributed by atoms with Gasteiger partial charge in [0.1, 0.15) is 5.75 Å². The lowest BCUT2D eigenvalue weighted by molar-refractivity contribution is 0.401. The predicted molar refractivity (Wildman–Crippen MR) is 73.2 cm³/mol. The third-order valence-corrected chi connectivity index (χ3v) is 3.49. The molecule has 1 atom stereocenters. The van der Waals surface area contributed by atoms with E-state index in [1.54, 1.807) is 7.11 Å². The van der Waals surface area contributed by atoms with E-state index in [0.29, 0.717) is 6.54 Å². The van der Waals surface area contributed by atoms with Gasteiger partial charge in [-0.3, -0.25) is 4.79 Å². The number of methoxy groups -OCH3 is 1. The van der Waals surface area contributed by atoms with E-state index < -0.39 is 0 Å². The summed E-state index contributed by atoms with van der Waals surface area (Å²) < 4.78 is 5.33. The fourth-order valence-electron chi connectivity index (χ4n) is 1.80. The van der Waals surface area contributed by atoms with Crippen LogP contribution in [0.15, 0.2) is 34.4 Å². The van der Waals surface area contributed by atoms with Crippen LogP contribution in [0, 0.1) is 0 Å².